The lowest BCUT2D eigenvalue weighted by Gasteiger charge is -2.42. The molecule has 0 saturated carbocycles. The summed E-state index contributed by atoms with van der Waals surface area (Å²) >= 11 is 0. The summed E-state index contributed by atoms with van der Waals surface area (Å²) in [6.07, 6.45) is 3.65. The number of piperidine rings is 1. The van der Waals surface area contributed by atoms with Crippen LogP contribution in [0.4, 0.5) is 17.1 Å². The maximum Gasteiger partial charge on any atom is 0.255 e. The Labute approximate surface area is 175 Å². The standard InChI is InChI=1S/C25H35N3O/c1-16-14-21(26)22(15-23(16)28-17(2)8-7-9-18(28)3)27-24(29)19-10-12-20(13-11-19)25(4,5)6/h10-15,17-18H,7-9,26H2,1-6H3,(H,27,29)/t17-,18+. The third kappa shape index (κ3) is 4.58. The molecular weight excluding hydrogens is 358 g/mol. The van der Waals surface area contributed by atoms with Crippen molar-refractivity contribution in [2.45, 2.75) is 78.3 Å². The normalized spacial score (nSPS) is 19.9. The SMILES string of the molecule is Cc1cc(N)c(NC(=O)c2ccc(C(C)(C)C)cc2)cc1N1[C@H](C)CCC[C@@H]1C. The van der Waals surface area contributed by atoms with Crippen molar-refractivity contribution in [2.24, 2.45) is 0 Å². The molecule has 0 unspecified atom stereocenters. The molecule has 4 nitrogen and oxygen atoms in total. The third-order valence-electron chi connectivity index (χ3n) is 6.10. The number of amides is 1. The molecule has 29 heavy (non-hydrogen) atoms. The fourth-order valence-electron chi connectivity index (χ4n) is 4.32. The number of anilines is 3. The molecule has 0 aromatic heterocycles. The Hall–Kier alpha value is -2.49. The summed E-state index contributed by atoms with van der Waals surface area (Å²) in [7, 11) is 0. The van der Waals surface area contributed by atoms with E-state index >= 15 is 0 Å². The molecule has 1 heterocycles. The van der Waals surface area contributed by atoms with Crippen molar-refractivity contribution in [3.63, 3.8) is 0 Å². The maximum atomic E-state index is 12.8. The van der Waals surface area contributed by atoms with Gasteiger partial charge in [0.05, 0.1) is 11.4 Å². The smallest absolute Gasteiger partial charge is 0.255 e. The number of benzene rings is 2. The molecule has 0 spiro atoms. The van der Waals surface area contributed by atoms with Crippen molar-refractivity contribution in [1.29, 1.82) is 0 Å². The quantitative estimate of drug-likeness (QED) is 0.639. The van der Waals surface area contributed by atoms with E-state index in [0.29, 0.717) is 29.0 Å². The second kappa shape index (κ2) is 8.10. The van der Waals surface area contributed by atoms with E-state index in [4.69, 9.17) is 5.73 Å². The van der Waals surface area contributed by atoms with Gasteiger partial charge in [0.15, 0.2) is 0 Å². The lowest BCUT2D eigenvalue weighted by Crippen LogP contribution is -2.44. The highest BCUT2D eigenvalue weighted by atomic mass is 16.1. The minimum Gasteiger partial charge on any atom is -0.397 e. The van der Waals surface area contributed by atoms with E-state index in [1.807, 2.05) is 36.4 Å². The Bertz CT molecular complexity index is 870. The molecular formula is C25H35N3O. The number of nitrogens with zero attached hydrogens (tertiary/aromatic N) is 1. The lowest BCUT2D eigenvalue weighted by atomic mass is 9.86. The molecule has 0 radical (unpaired) electrons. The van der Waals surface area contributed by atoms with Crippen LogP contribution in [0.15, 0.2) is 36.4 Å². The highest BCUT2D eigenvalue weighted by Crippen LogP contribution is 2.36. The first kappa shape index (κ1) is 21.2. The van der Waals surface area contributed by atoms with Gasteiger partial charge in [-0.25, -0.2) is 0 Å². The summed E-state index contributed by atoms with van der Waals surface area (Å²) in [4.78, 5) is 15.3. The monoisotopic (exact) mass is 393 g/mol. The molecule has 4 heteroatoms. The highest BCUT2D eigenvalue weighted by molar-refractivity contribution is 6.06. The zero-order valence-electron chi connectivity index (χ0n) is 18.7. The van der Waals surface area contributed by atoms with E-state index in [9.17, 15) is 4.79 Å². The fraction of sp³-hybridized carbons (Fsp3) is 0.480. The van der Waals surface area contributed by atoms with Gasteiger partial charge in [0.1, 0.15) is 0 Å². The predicted molar refractivity (Wildman–Crippen MR) is 124 cm³/mol. The summed E-state index contributed by atoms with van der Waals surface area (Å²) < 4.78 is 0. The molecule has 2 aromatic carbocycles. The number of nitrogens with two attached hydrogens (primary N) is 1. The molecule has 1 fully saturated rings. The van der Waals surface area contributed by atoms with Crippen LogP contribution in [0.25, 0.3) is 0 Å². The zero-order chi connectivity index (χ0) is 21.3. The molecule has 1 aliphatic heterocycles. The van der Waals surface area contributed by atoms with Gasteiger partial charge in [0.2, 0.25) is 0 Å². The Morgan fingerprint density at radius 1 is 1.07 bits per heavy atom. The van der Waals surface area contributed by atoms with Crippen LogP contribution in [0, 0.1) is 6.92 Å². The average molecular weight is 394 g/mol. The Morgan fingerprint density at radius 3 is 2.21 bits per heavy atom. The summed E-state index contributed by atoms with van der Waals surface area (Å²) in [5.74, 6) is -0.133. The lowest BCUT2D eigenvalue weighted by molar-refractivity contribution is 0.102. The topological polar surface area (TPSA) is 58.4 Å². The molecule has 0 bridgehead atoms. The number of rotatable bonds is 3. The van der Waals surface area contributed by atoms with Crippen molar-refractivity contribution in [1.82, 2.24) is 0 Å². The summed E-state index contributed by atoms with van der Waals surface area (Å²) in [5, 5.41) is 3.03. The van der Waals surface area contributed by atoms with Crippen molar-refractivity contribution < 1.29 is 4.79 Å². The van der Waals surface area contributed by atoms with Crippen molar-refractivity contribution in [2.75, 3.05) is 16.0 Å². The molecule has 1 aliphatic rings. The predicted octanol–water partition coefficient (Wildman–Crippen LogP) is 5.89. The first-order valence-corrected chi connectivity index (χ1v) is 10.7. The van der Waals surface area contributed by atoms with Crippen molar-refractivity contribution in [3.8, 4) is 0 Å². The molecule has 2 aromatic rings. The maximum absolute atomic E-state index is 12.8. The molecule has 3 N–H and O–H groups in total. The first-order valence-electron chi connectivity index (χ1n) is 10.7. The van der Waals surface area contributed by atoms with E-state index in [0.717, 1.165) is 11.3 Å². The van der Waals surface area contributed by atoms with Crippen LogP contribution in [0.2, 0.25) is 0 Å². The second-order valence-corrected chi connectivity index (χ2v) is 9.54. The molecule has 1 saturated heterocycles. The van der Waals surface area contributed by atoms with E-state index in [2.05, 4.69) is 51.8 Å². The van der Waals surface area contributed by atoms with Crippen LogP contribution >= 0.6 is 0 Å². The number of aryl methyl sites for hydroxylation is 1. The number of nitrogen functional groups attached to an aromatic ring is 1. The second-order valence-electron chi connectivity index (χ2n) is 9.54. The van der Waals surface area contributed by atoms with Gasteiger partial charge in [-0.15, -0.1) is 0 Å². The number of carbonyl (C=O) groups excluding carboxylic acids is 1. The summed E-state index contributed by atoms with van der Waals surface area (Å²) in [5.41, 5.74) is 11.8. The minimum absolute atomic E-state index is 0.0626. The molecule has 3 rings (SSSR count). The van der Waals surface area contributed by atoms with Crippen LogP contribution in [0.3, 0.4) is 0 Å². The summed E-state index contributed by atoms with van der Waals surface area (Å²) in [6, 6.07) is 12.8. The van der Waals surface area contributed by atoms with E-state index in [1.54, 1.807) is 0 Å². The van der Waals surface area contributed by atoms with Crippen LogP contribution in [0.5, 0.6) is 0 Å². The van der Waals surface area contributed by atoms with Gasteiger partial charge in [0, 0.05) is 23.3 Å². The zero-order valence-corrected chi connectivity index (χ0v) is 18.7. The third-order valence-corrected chi connectivity index (χ3v) is 6.10. The van der Waals surface area contributed by atoms with Gasteiger partial charge in [0.25, 0.3) is 5.91 Å². The van der Waals surface area contributed by atoms with Crippen LogP contribution < -0.4 is 16.0 Å². The van der Waals surface area contributed by atoms with Crippen molar-refractivity contribution in [3.05, 3.63) is 53.1 Å². The van der Waals surface area contributed by atoms with Crippen molar-refractivity contribution >= 4 is 23.0 Å². The van der Waals surface area contributed by atoms with Gasteiger partial charge < -0.3 is 16.0 Å². The molecule has 1 amide bonds. The largest absolute Gasteiger partial charge is 0.397 e. The van der Waals surface area contributed by atoms with E-state index in [-0.39, 0.29) is 11.3 Å². The van der Waals surface area contributed by atoms with E-state index in [1.165, 1.54) is 24.8 Å². The first-order chi connectivity index (χ1) is 13.6. The average Bonchev–Trinajstić information content (AvgIpc) is 2.64. The minimum atomic E-state index is -0.133. The van der Waals surface area contributed by atoms with E-state index < -0.39 is 0 Å². The van der Waals surface area contributed by atoms with Crippen LogP contribution in [-0.4, -0.2) is 18.0 Å². The molecule has 2 atom stereocenters. The number of hydrogen-bond acceptors (Lipinski definition) is 3. The Morgan fingerprint density at radius 2 is 1.66 bits per heavy atom. The fourth-order valence-corrected chi connectivity index (χ4v) is 4.32. The number of carbonyl (C=O) groups is 1. The van der Waals surface area contributed by atoms with Gasteiger partial charge in [-0.2, -0.15) is 0 Å². The van der Waals surface area contributed by atoms with Gasteiger partial charge >= 0.3 is 0 Å². The van der Waals surface area contributed by atoms with Gasteiger partial charge in [-0.1, -0.05) is 32.9 Å². The van der Waals surface area contributed by atoms with Crippen LogP contribution in [0.1, 0.15) is 75.4 Å². The number of hydrogen-bond donors (Lipinski definition) is 2. The van der Waals surface area contributed by atoms with Gasteiger partial charge in [-0.3, -0.25) is 4.79 Å². The molecule has 156 valence electrons. The number of nitrogens with one attached hydrogen (secondary N) is 1. The summed E-state index contributed by atoms with van der Waals surface area (Å²) in [6.45, 7) is 13.1. The highest BCUT2D eigenvalue weighted by Gasteiger charge is 2.26. The Balaban J connectivity index is 1.86. The Kier molecular flexibility index (Phi) is 5.92. The van der Waals surface area contributed by atoms with Crippen LogP contribution in [-0.2, 0) is 5.41 Å². The molecule has 0 aliphatic carbocycles. The van der Waals surface area contributed by atoms with Gasteiger partial charge in [-0.05, 0) is 80.8 Å².